The van der Waals surface area contributed by atoms with Crippen molar-refractivity contribution in [2.45, 2.75) is 37.8 Å². The Hall–Kier alpha value is -3.46. The summed E-state index contributed by atoms with van der Waals surface area (Å²) in [5.74, 6) is 3.58. The van der Waals surface area contributed by atoms with Gasteiger partial charge in [-0.1, -0.05) is 6.07 Å². The van der Waals surface area contributed by atoms with Crippen LogP contribution in [-0.4, -0.2) is 34.4 Å². The molecule has 148 valence electrons. The third-order valence-corrected chi connectivity index (χ3v) is 5.49. The Morgan fingerprint density at radius 3 is 2.52 bits per heavy atom. The molecule has 1 amide bonds. The molecule has 0 aliphatic heterocycles. The number of anilines is 2. The SMILES string of the molecule is C#Cc1cn2c(NC3CCC(NC(=O)c4ccc(NC)cc4)CC3)cccc2n1. The lowest BCUT2D eigenvalue weighted by atomic mass is 9.91. The van der Waals surface area contributed by atoms with Gasteiger partial charge in [0.2, 0.25) is 0 Å². The summed E-state index contributed by atoms with van der Waals surface area (Å²) in [7, 11) is 1.86. The van der Waals surface area contributed by atoms with Gasteiger partial charge in [0.05, 0.1) is 0 Å². The lowest BCUT2D eigenvalue weighted by Gasteiger charge is -2.30. The number of rotatable bonds is 5. The fourth-order valence-corrected chi connectivity index (χ4v) is 3.85. The van der Waals surface area contributed by atoms with Gasteiger partial charge in [0.1, 0.15) is 17.2 Å². The zero-order chi connectivity index (χ0) is 20.2. The van der Waals surface area contributed by atoms with E-state index >= 15 is 0 Å². The molecule has 2 heterocycles. The van der Waals surface area contributed by atoms with E-state index < -0.39 is 0 Å². The number of hydrogen-bond donors (Lipinski definition) is 3. The molecule has 2 aromatic heterocycles. The van der Waals surface area contributed by atoms with Gasteiger partial charge in [-0.05, 0) is 68.0 Å². The van der Waals surface area contributed by atoms with Gasteiger partial charge in [0.15, 0.2) is 0 Å². The standard InChI is InChI=1S/C23H25N5O/c1-3-17-15-28-21(25-17)5-4-6-22(28)26-19-11-13-20(14-12-19)27-23(29)16-7-9-18(24-2)10-8-16/h1,4-10,15,19-20,24,26H,11-14H2,2H3,(H,27,29). The zero-order valence-electron chi connectivity index (χ0n) is 16.5. The number of nitrogens with zero attached hydrogens (tertiary/aromatic N) is 2. The smallest absolute Gasteiger partial charge is 0.251 e. The van der Waals surface area contributed by atoms with Gasteiger partial charge in [0, 0.05) is 36.6 Å². The Kier molecular flexibility index (Phi) is 5.39. The molecule has 0 atom stereocenters. The van der Waals surface area contributed by atoms with Crippen LogP contribution in [0.1, 0.15) is 41.7 Å². The van der Waals surface area contributed by atoms with Gasteiger partial charge >= 0.3 is 0 Å². The van der Waals surface area contributed by atoms with E-state index in [1.807, 2.05) is 60.1 Å². The minimum absolute atomic E-state index is 0.00550. The highest BCUT2D eigenvalue weighted by Gasteiger charge is 2.23. The van der Waals surface area contributed by atoms with Gasteiger partial charge < -0.3 is 16.0 Å². The average molecular weight is 387 g/mol. The Bertz CT molecular complexity index is 1040. The third kappa shape index (κ3) is 4.19. The first kappa shape index (κ1) is 18.9. The molecule has 1 saturated carbocycles. The number of pyridine rings is 1. The minimum atomic E-state index is -0.00550. The molecule has 3 aromatic rings. The normalized spacial score (nSPS) is 18.8. The van der Waals surface area contributed by atoms with Crippen molar-refractivity contribution in [1.82, 2.24) is 14.7 Å². The van der Waals surface area contributed by atoms with E-state index in [4.69, 9.17) is 6.42 Å². The van der Waals surface area contributed by atoms with Crippen LogP contribution in [-0.2, 0) is 0 Å². The molecule has 1 fully saturated rings. The average Bonchev–Trinajstić information content (AvgIpc) is 3.20. The van der Waals surface area contributed by atoms with E-state index in [9.17, 15) is 4.79 Å². The molecule has 4 rings (SSSR count). The van der Waals surface area contributed by atoms with E-state index in [1.54, 1.807) is 0 Å². The highest BCUT2D eigenvalue weighted by Crippen LogP contribution is 2.23. The molecule has 0 saturated heterocycles. The number of nitrogens with one attached hydrogen (secondary N) is 3. The molecule has 29 heavy (non-hydrogen) atoms. The quantitative estimate of drug-likeness (QED) is 0.586. The third-order valence-electron chi connectivity index (χ3n) is 5.49. The predicted octanol–water partition coefficient (Wildman–Crippen LogP) is 3.51. The van der Waals surface area contributed by atoms with Crippen LogP contribution in [0.2, 0.25) is 0 Å². The number of amides is 1. The summed E-state index contributed by atoms with van der Waals surface area (Å²) in [4.78, 5) is 16.9. The summed E-state index contributed by atoms with van der Waals surface area (Å²) < 4.78 is 2.00. The molecule has 1 aromatic carbocycles. The summed E-state index contributed by atoms with van der Waals surface area (Å²) in [6, 6.07) is 14.1. The van der Waals surface area contributed by atoms with Gasteiger partial charge in [-0.25, -0.2) is 4.98 Å². The first-order valence-corrected chi connectivity index (χ1v) is 9.96. The number of fused-ring (bicyclic) bond motifs is 1. The lowest BCUT2D eigenvalue weighted by Crippen LogP contribution is -2.40. The van der Waals surface area contributed by atoms with Crippen LogP contribution in [0.25, 0.3) is 5.65 Å². The summed E-state index contributed by atoms with van der Waals surface area (Å²) in [5.41, 5.74) is 3.16. The van der Waals surface area contributed by atoms with E-state index in [2.05, 4.69) is 26.9 Å². The number of hydrogen-bond acceptors (Lipinski definition) is 4. The van der Waals surface area contributed by atoms with Crippen molar-refractivity contribution < 1.29 is 4.79 Å². The zero-order valence-corrected chi connectivity index (χ0v) is 16.5. The van der Waals surface area contributed by atoms with Crippen LogP contribution in [0, 0.1) is 12.3 Å². The van der Waals surface area contributed by atoms with Crippen molar-refractivity contribution >= 4 is 23.1 Å². The predicted molar refractivity (Wildman–Crippen MR) is 116 cm³/mol. The molecule has 1 aliphatic rings. The Morgan fingerprint density at radius 2 is 1.83 bits per heavy atom. The lowest BCUT2D eigenvalue weighted by molar-refractivity contribution is 0.0926. The number of carbonyl (C=O) groups excluding carboxylic acids is 1. The van der Waals surface area contributed by atoms with E-state index in [-0.39, 0.29) is 11.9 Å². The Labute approximate surface area is 170 Å². The second-order valence-electron chi connectivity index (χ2n) is 7.40. The largest absolute Gasteiger partial charge is 0.388 e. The van der Waals surface area contributed by atoms with Crippen molar-refractivity contribution in [1.29, 1.82) is 0 Å². The summed E-state index contributed by atoms with van der Waals surface area (Å²) >= 11 is 0. The molecular formula is C23H25N5O. The van der Waals surface area contributed by atoms with Crippen LogP contribution >= 0.6 is 0 Å². The monoisotopic (exact) mass is 387 g/mol. The number of terminal acetylenes is 1. The second kappa shape index (κ2) is 8.27. The van der Waals surface area contributed by atoms with Gasteiger partial charge in [-0.3, -0.25) is 9.20 Å². The molecule has 3 N–H and O–H groups in total. The number of benzene rings is 1. The molecule has 0 unspecified atom stereocenters. The Balaban J connectivity index is 1.33. The molecule has 0 bridgehead atoms. The number of aromatic nitrogens is 2. The highest BCUT2D eigenvalue weighted by atomic mass is 16.1. The van der Waals surface area contributed by atoms with Crippen molar-refractivity contribution in [3.05, 3.63) is 59.9 Å². The first-order chi connectivity index (χ1) is 14.2. The van der Waals surface area contributed by atoms with Gasteiger partial charge in [-0.15, -0.1) is 6.42 Å². The van der Waals surface area contributed by atoms with Gasteiger partial charge in [0.25, 0.3) is 5.91 Å². The maximum absolute atomic E-state index is 12.5. The maximum atomic E-state index is 12.5. The van der Waals surface area contributed by atoms with Crippen LogP contribution in [0.15, 0.2) is 48.7 Å². The van der Waals surface area contributed by atoms with Crippen LogP contribution < -0.4 is 16.0 Å². The molecule has 0 radical (unpaired) electrons. The minimum Gasteiger partial charge on any atom is -0.388 e. The van der Waals surface area contributed by atoms with E-state index in [0.29, 0.717) is 17.3 Å². The highest BCUT2D eigenvalue weighted by molar-refractivity contribution is 5.94. The first-order valence-electron chi connectivity index (χ1n) is 9.96. The fraction of sp³-hybridized carbons (Fsp3) is 0.304. The summed E-state index contributed by atoms with van der Waals surface area (Å²) in [5, 5.41) is 9.85. The Morgan fingerprint density at radius 1 is 1.10 bits per heavy atom. The number of carbonyl (C=O) groups is 1. The van der Waals surface area contributed by atoms with E-state index in [0.717, 1.165) is 42.8 Å². The summed E-state index contributed by atoms with van der Waals surface area (Å²) in [6.07, 6.45) is 11.3. The molecule has 0 spiro atoms. The van der Waals surface area contributed by atoms with E-state index in [1.165, 1.54) is 0 Å². The van der Waals surface area contributed by atoms with Gasteiger partial charge in [-0.2, -0.15) is 0 Å². The topological polar surface area (TPSA) is 70.5 Å². The summed E-state index contributed by atoms with van der Waals surface area (Å²) in [6.45, 7) is 0. The number of imidazole rings is 1. The molecule has 6 heteroatoms. The molecular weight excluding hydrogens is 362 g/mol. The maximum Gasteiger partial charge on any atom is 0.251 e. The van der Waals surface area contributed by atoms with Crippen LogP contribution in [0.3, 0.4) is 0 Å². The second-order valence-corrected chi connectivity index (χ2v) is 7.40. The van der Waals surface area contributed by atoms with Crippen molar-refractivity contribution in [2.75, 3.05) is 17.7 Å². The van der Waals surface area contributed by atoms with Crippen LogP contribution in [0.4, 0.5) is 11.5 Å². The fourth-order valence-electron chi connectivity index (χ4n) is 3.85. The molecule has 1 aliphatic carbocycles. The van der Waals surface area contributed by atoms with Crippen molar-refractivity contribution in [2.24, 2.45) is 0 Å². The van der Waals surface area contributed by atoms with Crippen molar-refractivity contribution in [3.8, 4) is 12.3 Å². The van der Waals surface area contributed by atoms with Crippen LogP contribution in [0.5, 0.6) is 0 Å². The molecule has 6 nitrogen and oxygen atoms in total. The van der Waals surface area contributed by atoms with Crippen molar-refractivity contribution in [3.63, 3.8) is 0 Å².